The Kier molecular flexibility index (Phi) is 4.71. The first-order valence-electron chi connectivity index (χ1n) is 6.17. The molecule has 0 saturated carbocycles. The average molecular weight is 276 g/mol. The van der Waals surface area contributed by atoms with Crippen LogP contribution < -0.4 is 0 Å². The number of hydrogen-bond acceptors (Lipinski definition) is 3. The Balaban J connectivity index is 1.83. The zero-order chi connectivity index (χ0) is 13.6. The van der Waals surface area contributed by atoms with Crippen molar-refractivity contribution in [2.75, 3.05) is 6.61 Å². The Morgan fingerprint density at radius 2 is 1.42 bits per heavy atom. The Bertz CT molecular complexity index is 592. The lowest BCUT2D eigenvalue weighted by Gasteiger charge is -2.05. The molecule has 0 aromatic heterocycles. The fraction of sp³-hybridized carbons (Fsp3) is 0.200. The fourth-order valence-electron chi connectivity index (χ4n) is 1.74. The zero-order valence-corrected chi connectivity index (χ0v) is 11.3. The molecule has 0 saturated heterocycles. The first kappa shape index (κ1) is 13.8. The summed E-state index contributed by atoms with van der Waals surface area (Å²) in [4.78, 5) is 0.203. The van der Waals surface area contributed by atoms with Crippen molar-refractivity contribution >= 4 is 10.1 Å². The van der Waals surface area contributed by atoms with E-state index < -0.39 is 10.1 Å². The maximum absolute atomic E-state index is 11.8. The summed E-state index contributed by atoms with van der Waals surface area (Å²) in [6, 6.07) is 18.1. The van der Waals surface area contributed by atoms with Gasteiger partial charge < -0.3 is 0 Å². The standard InChI is InChI=1S/C15H16O3S/c16-19(17,15-11-5-2-6-12-15)18-13-7-10-14-8-3-1-4-9-14/h1-6,8-9,11-12H,7,10,13H2. The van der Waals surface area contributed by atoms with Crippen LogP contribution in [0.1, 0.15) is 12.0 Å². The molecule has 0 aliphatic heterocycles. The average Bonchev–Trinajstić information content (AvgIpc) is 2.46. The van der Waals surface area contributed by atoms with E-state index >= 15 is 0 Å². The second kappa shape index (κ2) is 6.50. The van der Waals surface area contributed by atoms with Crippen molar-refractivity contribution in [1.82, 2.24) is 0 Å². The van der Waals surface area contributed by atoms with Gasteiger partial charge in [0.1, 0.15) is 0 Å². The molecular weight excluding hydrogens is 260 g/mol. The quantitative estimate of drug-likeness (QED) is 0.601. The van der Waals surface area contributed by atoms with Crippen LogP contribution in [-0.4, -0.2) is 15.0 Å². The van der Waals surface area contributed by atoms with E-state index in [4.69, 9.17) is 4.18 Å². The van der Waals surface area contributed by atoms with Gasteiger partial charge in [-0.15, -0.1) is 0 Å². The van der Waals surface area contributed by atoms with Crippen molar-refractivity contribution in [3.63, 3.8) is 0 Å². The Hall–Kier alpha value is -1.65. The molecule has 0 fully saturated rings. The lowest BCUT2D eigenvalue weighted by atomic mass is 10.1. The SMILES string of the molecule is O=S(=O)(OCCCc1ccccc1)c1ccccc1. The van der Waals surface area contributed by atoms with Crippen molar-refractivity contribution in [1.29, 1.82) is 0 Å². The normalized spacial score (nSPS) is 11.4. The first-order chi connectivity index (χ1) is 9.18. The zero-order valence-electron chi connectivity index (χ0n) is 10.5. The van der Waals surface area contributed by atoms with Gasteiger partial charge in [0.15, 0.2) is 0 Å². The van der Waals surface area contributed by atoms with Gasteiger partial charge in [-0.1, -0.05) is 48.5 Å². The van der Waals surface area contributed by atoms with E-state index in [-0.39, 0.29) is 11.5 Å². The second-order valence-corrected chi connectivity index (χ2v) is 5.79. The summed E-state index contributed by atoms with van der Waals surface area (Å²) in [6.07, 6.45) is 1.49. The lowest BCUT2D eigenvalue weighted by Crippen LogP contribution is -2.08. The maximum atomic E-state index is 11.8. The van der Waals surface area contributed by atoms with Crippen LogP contribution in [0.4, 0.5) is 0 Å². The van der Waals surface area contributed by atoms with Gasteiger partial charge in [0.25, 0.3) is 10.1 Å². The van der Waals surface area contributed by atoms with E-state index in [1.807, 2.05) is 30.3 Å². The monoisotopic (exact) mass is 276 g/mol. The second-order valence-electron chi connectivity index (χ2n) is 4.18. The van der Waals surface area contributed by atoms with Crippen LogP contribution in [0.3, 0.4) is 0 Å². The third kappa shape index (κ3) is 4.19. The molecule has 0 radical (unpaired) electrons. The minimum absolute atomic E-state index is 0.201. The molecule has 100 valence electrons. The minimum Gasteiger partial charge on any atom is -0.266 e. The number of aryl methyl sites for hydroxylation is 1. The van der Waals surface area contributed by atoms with Crippen molar-refractivity contribution in [2.45, 2.75) is 17.7 Å². The highest BCUT2D eigenvalue weighted by Gasteiger charge is 2.13. The molecule has 0 unspecified atom stereocenters. The molecule has 2 aromatic rings. The summed E-state index contributed by atoms with van der Waals surface area (Å²) >= 11 is 0. The molecule has 0 amide bonds. The van der Waals surface area contributed by atoms with E-state index in [0.29, 0.717) is 6.42 Å². The molecule has 0 aliphatic rings. The molecule has 4 heteroatoms. The molecule has 0 spiro atoms. The van der Waals surface area contributed by atoms with E-state index in [1.54, 1.807) is 18.2 Å². The first-order valence-corrected chi connectivity index (χ1v) is 7.58. The van der Waals surface area contributed by atoms with E-state index in [0.717, 1.165) is 6.42 Å². The highest BCUT2D eigenvalue weighted by Crippen LogP contribution is 2.12. The van der Waals surface area contributed by atoms with Crippen molar-refractivity contribution < 1.29 is 12.6 Å². The number of hydrogen-bond donors (Lipinski definition) is 0. The molecule has 2 rings (SSSR count). The molecule has 0 atom stereocenters. The minimum atomic E-state index is -3.61. The summed E-state index contributed by atoms with van der Waals surface area (Å²) in [5, 5.41) is 0. The Labute approximate surface area is 114 Å². The topological polar surface area (TPSA) is 43.4 Å². The van der Waals surface area contributed by atoms with Crippen LogP contribution in [0.15, 0.2) is 65.6 Å². The fourth-order valence-corrected chi connectivity index (χ4v) is 2.71. The molecule has 2 aromatic carbocycles. The van der Waals surface area contributed by atoms with Crippen molar-refractivity contribution in [3.05, 3.63) is 66.2 Å². The van der Waals surface area contributed by atoms with Gasteiger partial charge >= 0.3 is 0 Å². The van der Waals surface area contributed by atoms with E-state index in [1.165, 1.54) is 17.7 Å². The highest BCUT2D eigenvalue weighted by atomic mass is 32.2. The highest BCUT2D eigenvalue weighted by molar-refractivity contribution is 7.86. The van der Waals surface area contributed by atoms with Crippen LogP contribution in [0, 0.1) is 0 Å². The van der Waals surface area contributed by atoms with Gasteiger partial charge in [0, 0.05) is 0 Å². The van der Waals surface area contributed by atoms with Crippen LogP contribution >= 0.6 is 0 Å². The smallest absolute Gasteiger partial charge is 0.266 e. The van der Waals surface area contributed by atoms with E-state index in [2.05, 4.69) is 0 Å². The summed E-state index contributed by atoms with van der Waals surface area (Å²) in [5.74, 6) is 0. The summed E-state index contributed by atoms with van der Waals surface area (Å²) in [6.45, 7) is 0.201. The third-order valence-corrected chi connectivity index (χ3v) is 4.05. The Morgan fingerprint density at radius 1 is 0.842 bits per heavy atom. The molecule has 0 aliphatic carbocycles. The van der Waals surface area contributed by atoms with Crippen LogP contribution in [0.5, 0.6) is 0 Å². The van der Waals surface area contributed by atoms with Gasteiger partial charge in [0.2, 0.25) is 0 Å². The molecular formula is C15H16O3S. The van der Waals surface area contributed by atoms with Gasteiger partial charge in [-0.3, -0.25) is 4.18 Å². The van der Waals surface area contributed by atoms with Gasteiger partial charge in [0.05, 0.1) is 11.5 Å². The van der Waals surface area contributed by atoms with Crippen molar-refractivity contribution in [3.8, 4) is 0 Å². The molecule has 0 bridgehead atoms. The van der Waals surface area contributed by atoms with Crippen LogP contribution in [0.25, 0.3) is 0 Å². The number of rotatable bonds is 6. The largest absolute Gasteiger partial charge is 0.296 e. The van der Waals surface area contributed by atoms with Crippen LogP contribution in [-0.2, 0) is 20.7 Å². The molecule has 0 heterocycles. The molecule has 3 nitrogen and oxygen atoms in total. The number of benzene rings is 2. The lowest BCUT2D eigenvalue weighted by molar-refractivity contribution is 0.312. The maximum Gasteiger partial charge on any atom is 0.296 e. The Morgan fingerprint density at radius 3 is 2.05 bits per heavy atom. The van der Waals surface area contributed by atoms with E-state index in [9.17, 15) is 8.42 Å². The summed E-state index contributed by atoms with van der Waals surface area (Å²) in [7, 11) is -3.61. The van der Waals surface area contributed by atoms with Crippen LogP contribution in [0.2, 0.25) is 0 Å². The van der Waals surface area contributed by atoms with Crippen molar-refractivity contribution in [2.24, 2.45) is 0 Å². The third-order valence-electron chi connectivity index (χ3n) is 2.72. The predicted molar refractivity (Wildman–Crippen MR) is 74.3 cm³/mol. The molecule has 19 heavy (non-hydrogen) atoms. The molecule has 0 N–H and O–H groups in total. The van der Waals surface area contributed by atoms with Gasteiger partial charge in [-0.05, 0) is 30.5 Å². The van der Waals surface area contributed by atoms with Gasteiger partial charge in [-0.2, -0.15) is 8.42 Å². The summed E-state index contributed by atoms with van der Waals surface area (Å²) < 4.78 is 28.7. The predicted octanol–water partition coefficient (Wildman–Crippen LogP) is 3.02. The van der Waals surface area contributed by atoms with Gasteiger partial charge in [-0.25, -0.2) is 0 Å². The summed E-state index contributed by atoms with van der Waals surface area (Å²) in [5.41, 5.74) is 1.18.